The van der Waals surface area contributed by atoms with Gasteiger partial charge in [0.05, 0.1) is 6.42 Å². The highest BCUT2D eigenvalue weighted by molar-refractivity contribution is 5.70. The Labute approximate surface area is 79.0 Å². The number of carbonyl (C=O) groups is 1. The topological polar surface area (TPSA) is 37.3 Å². The molecule has 0 saturated carbocycles. The molecule has 0 unspecified atom stereocenters. The number of rotatable bonds is 4. The minimum absolute atomic E-state index is 0.186. The molecule has 0 spiro atoms. The van der Waals surface area contributed by atoms with E-state index in [9.17, 15) is 18.0 Å². The summed E-state index contributed by atoms with van der Waals surface area (Å²) in [6, 6.07) is 0. The first-order valence-corrected chi connectivity index (χ1v) is 3.63. The molecule has 2 nitrogen and oxygen atoms in total. The third-order valence-corrected chi connectivity index (χ3v) is 1.34. The largest absolute Gasteiger partial charge is 0.481 e. The second kappa shape index (κ2) is 5.26. The number of aliphatic carboxylic acids is 1. The average molecular weight is 206 g/mol. The zero-order valence-electron chi connectivity index (χ0n) is 7.48. The van der Waals surface area contributed by atoms with Crippen molar-refractivity contribution in [2.45, 2.75) is 13.3 Å². The summed E-state index contributed by atoms with van der Waals surface area (Å²) in [6.45, 7) is 3.79. The van der Waals surface area contributed by atoms with Crippen LogP contribution in [0.15, 0.2) is 35.7 Å². The first-order chi connectivity index (χ1) is 6.34. The molecule has 0 aliphatic carbocycles. The van der Waals surface area contributed by atoms with Crippen molar-refractivity contribution in [2.24, 2.45) is 0 Å². The van der Waals surface area contributed by atoms with Gasteiger partial charge in [-0.25, -0.2) is 13.2 Å². The van der Waals surface area contributed by atoms with Crippen LogP contribution < -0.4 is 0 Å². The van der Waals surface area contributed by atoms with Gasteiger partial charge in [0.15, 0.2) is 11.7 Å². The van der Waals surface area contributed by atoms with E-state index in [0.717, 1.165) is 0 Å². The minimum atomic E-state index is -1.45. The van der Waals surface area contributed by atoms with E-state index in [1.807, 2.05) is 0 Å². The summed E-state index contributed by atoms with van der Waals surface area (Å²) >= 11 is 0. The van der Waals surface area contributed by atoms with Crippen molar-refractivity contribution in [3.8, 4) is 0 Å². The van der Waals surface area contributed by atoms with Gasteiger partial charge < -0.3 is 5.11 Å². The molecule has 0 aromatic heterocycles. The molecule has 0 atom stereocenters. The summed E-state index contributed by atoms with van der Waals surface area (Å²) in [4.78, 5) is 10.1. The minimum Gasteiger partial charge on any atom is -0.481 e. The summed E-state index contributed by atoms with van der Waals surface area (Å²) in [7, 11) is 0. The van der Waals surface area contributed by atoms with Gasteiger partial charge in [-0.1, -0.05) is 6.58 Å². The number of halogens is 3. The number of hydrogen-bond acceptors (Lipinski definition) is 1. The lowest BCUT2D eigenvalue weighted by Crippen LogP contribution is -1.96. The molecule has 14 heavy (non-hydrogen) atoms. The van der Waals surface area contributed by atoms with Gasteiger partial charge in [-0.05, 0) is 12.5 Å². The van der Waals surface area contributed by atoms with Crippen LogP contribution in [0.25, 0.3) is 0 Å². The number of carboxylic acid groups (broad SMARTS) is 1. The van der Waals surface area contributed by atoms with E-state index in [2.05, 4.69) is 6.58 Å². The maximum absolute atomic E-state index is 12.9. The number of allylic oxidation sites excluding steroid dienone is 4. The van der Waals surface area contributed by atoms with E-state index in [0.29, 0.717) is 0 Å². The van der Waals surface area contributed by atoms with Gasteiger partial charge in [-0.3, -0.25) is 4.79 Å². The molecule has 0 radical (unpaired) electrons. The van der Waals surface area contributed by atoms with Crippen molar-refractivity contribution >= 4 is 5.97 Å². The zero-order valence-corrected chi connectivity index (χ0v) is 7.48. The molecule has 0 amide bonds. The van der Waals surface area contributed by atoms with Crippen molar-refractivity contribution in [2.75, 3.05) is 0 Å². The maximum atomic E-state index is 12.9. The number of hydrogen-bond donors (Lipinski definition) is 1. The molecule has 0 aromatic rings. The molecular formula is C9H9F3O2. The Morgan fingerprint density at radius 3 is 2.29 bits per heavy atom. The predicted octanol–water partition coefficient (Wildman–Crippen LogP) is 3.04. The Hall–Kier alpha value is -1.52. The zero-order chi connectivity index (χ0) is 11.3. The van der Waals surface area contributed by atoms with Gasteiger partial charge in [0.2, 0.25) is 0 Å². The van der Waals surface area contributed by atoms with Crippen LogP contribution in [0.1, 0.15) is 13.3 Å². The standard InChI is InChI=1S/C9H9F3O2/c1-5(3-9(13)14)7(11)4-8(12)6(2)10/h4H,2-3H2,1H3,(H,13,14)/b7-5-,8-4+. The fourth-order valence-corrected chi connectivity index (χ4v) is 0.624. The molecule has 0 rings (SSSR count). The Morgan fingerprint density at radius 1 is 1.43 bits per heavy atom. The summed E-state index contributed by atoms with van der Waals surface area (Å²) in [5.74, 6) is -5.20. The normalized spacial score (nSPS) is 13.6. The maximum Gasteiger partial charge on any atom is 0.307 e. The third kappa shape index (κ3) is 4.49. The lowest BCUT2D eigenvalue weighted by atomic mass is 10.2. The van der Waals surface area contributed by atoms with Crippen LogP contribution in [0.2, 0.25) is 0 Å². The van der Waals surface area contributed by atoms with Crippen LogP contribution in [0, 0.1) is 0 Å². The second-order valence-corrected chi connectivity index (χ2v) is 2.60. The monoisotopic (exact) mass is 206 g/mol. The molecule has 5 heteroatoms. The van der Waals surface area contributed by atoms with Gasteiger partial charge >= 0.3 is 5.97 Å². The summed E-state index contributed by atoms with van der Waals surface area (Å²) in [6.07, 6.45) is -0.297. The lowest BCUT2D eigenvalue weighted by molar-refractivity contribution is -0.136. The first-order valence-electron chi connectivity index (χ1n) is 3.63. The third-order valence-electron chi connectivity index (χ3n) is 1.34. The Kier molecular flexibility index (Phi) is 4.69. The highest BCUT2D eigenvalue weighted by atomic mass is 19.2. The van der Waals surface area contributed by atoms with Crippen LogP contribution >= 0.6 is 0 Å². The van der Waals surface area contributed by atoms with Gasteiger partial charge in [0.1, 0.15) is 5.83 Å². The quantitative estimate of drug-likeness (QED) is 0.718. The molecule has 0 aliphatic rings. The van der Waals surface area contributed by atoms with Crippen LogP contribution in [-0.4, -0.2) is 11.1 Å². The van der Waals surface area contributed by atoms with E-state index < -0.39 is 29.9 Å². The molecule has 0 aromatic carbocycles. The van der Waals surface area contributed by atoms with Crippen molar-refractivity contribution in [3.63, 3.8) is 0 Å². The molecule has 0 heterocycles. The Morgan fingerprint density at radius 2 is 1.93 bits per heavy atom. The summed E-state index contributed by atoms with van der Waals surface area (Å²) < 4.78 is 37.3. The van der Waals surface area contributed by atoms with E-state index in [-0.39, 0.29) is 11.6 Å². The highest BCUT2D eigenvalue weighted by Crippen LogP contribution is 2.18. The summed E-state index contributed by atoms with van der Waals surface area (Å²) in [5, 5.41) is 8.27. The smallest absolute Gasteiger partial charge is 0.307 e. The van der Waals surface area contributed by atoms with E-state index in [1.54, 1.807) is 0 Å². The van der Waals surface area contributed by atoms with Gasteiger partial charge in [-0.2, -0.15) is 0 Å². The molecular weight excluding hydrogens is 197 g/mol. The molecule has 0 aliphatic heterocycles. The van der Waals surface area contributed by atoms with Crippen molar-refractivity contribution in [1.29, 1.82) is 0 Å². The Bertz CT molecular complexity index is 316. The molecule has 78 valence electrons. The Balaban J connectivity index is 4.75. The fraction of sp³-hybridized carbons (Fsp3) is 0.222. The first kappa shape index (κ1) is 12.5. The summed E-state index contributed by atoms with van der Waals surface area (Å²) in [5.41, 5.74) is -0.186. The van der Waals surface area contributed by atoms with E-state index in [4.69, 9.17) is 5.11 Å². The molecule has 0 bridgehead atoms. The molecule has 0 fully saturated rings. The van der Waals surface area contributed by atoms with Crippen molar-refractivity contribution < 1.29 is 23.1 Å². The number of carboxylic acids is 1. The van der Waals surface area contributed by atoms with Crippen molar-refractivity contribution in [3.05, 3.63) is 35.7 Å². The highest BCUT2D eigenvalue weighted by Gasteiger charge is 2.07. The van der Waals surface area contributed by atoms with E-state index >= 15 is 0 Å². The van der Waals surface area contributed by atoms with Crippen LogP contribution in [0.5, 0.6) is 0 Å². The van der Waals surface area contributed by atoms with Gasteiger partial charge in [0.25, 0.3) is 0 Å². The SMILES string of the molecule is C=C(F)/C(F)=C\C(F)=C(/C)CC(=O)O. The second-order valence-electron chi connectivity index (χ2n) is 2.60. The van der Waals surface area contributed by atoms with Gasteiger partial charge in [-0.15, -0.1) is 0 Å². The molecule has 1 N–H and O–H groups in total. The van der Waals surface area contributed by atoms with Crippen LogP contribution in [0.3, 0.4) is 0 Å². The predicted molar refractivity (Wildman–Crippen MR) is 45.5 cm³/mol. The van der Waals surface area contributed by atoms with Gasteiger partial charge in [0, 0.05) is 6.08 Å². The fourth-order valence-electron chi connectivity index (χ4n) is 0.624. The van der Waals surface area contributed by atoms with E-state index in [1.165, 1.54) is 6.92 Å². The average Bonchev–Trinajstić information content (AvgIpc) is 2.02. The lowest BCUT2D eigenvalue weighted by Gasteiger charge is -1.97. The van der Waals surface area contributed by atoms with Crippen LogP contribution in [0.4, 0.5) is 13.2 Å². The molecule has 0 saturated heterocycles. The van der Waals surface area contributed by atoms with Crippen LogP contribution in [-0.2, 0) is 4.79 Å². The van der Waals surface area contributed by atoms with Crippen molar-refractivity contribution in [1.82, 2.24) is 0 Å².